The van der Waals surface area contributed by atoms with E-state index in [1.807, 2.05) is 20.8 Å². The van der Waals surface area contributed by atoms with E-state index in [1.165, 1.54) is 0 Å². The fourth-order valence-electron chi connectivity index (χ4n) is 2.04. The van der Waals surface area contributed by atoms with Crippen LogP contribution < -0.4 is 10.5 Å². The van der Waals surface area contributed by atoms with E-state index in [9.17, 15) is 8.42 Å². The lowest BCUT2D eigenvalue weighted by Crippen LogP contribution is -2.52. The predicted octanol–water partition coefficient (Wildman–Crippen LogP) is 0.288. The van der Waals surface area contributed by atoms with Crippen molar-refractivity contribution < 1.29 is 8.42 Å². The fraction of sp³-hybridized carbons (Fsp3) is 1.00. The molecule has 0 aromatic rings. The van der Waals surface area contributed by atoms with E-state index in [0.717, 1.165) is 12.8 Å². The van der Waals surface area contributed by atoms with Gasteiger partial charge in [0.25, 0.3) is 10.2 Å². The SMILES string of the molecule is CC(C)NS(=O)(=O)N1CC(CN)CCC1C. The van der Waals surface area contributed by atoms with E-state index in [1.54, 1.807) is 4.31 Å². The maximum atomic E-state index is 12.0. The van der Waals surface area contributed by atoms with Crippen LogP contribution in [-0.2, 0) is 10.2 Å². The van der Waals surface area contributed by atoms with Gasteiger partial charge in [-0.25, -0.2) is 0 Å². The van der Waals surface area contributed by atoms with Gasteiger partial charge < -0.3 is 5.73 Å². The minimum Gasteiger partial charge on any atom is -0.330 e. The van der Waals surface area contributed by atoms with Crippen molar-refractivity contribution in [2.24, 2.45) is 11.7 Å². The second-order valence-corrected chi connectivity index (χ2v) is 6.53. The summed E-state index contributed by atoms with van der Waals surface area (Å²) in [5, 5.41) is 0. The number of rotatable bonds is 4. The van der Waals surface area contributed by atoms with Crippen LogP contribution in [0.25, 0.3) is 0 Å². The topological polar surface area (TPSA) is 75.4 Å². The van der Waals surface area contributed by atoms with Gasteiger partial charge in [0, 0.05) is 18.6 Å². The largest absolute Gasteiger partial charge is 0.330 e. The summed E-state index contributed by atoms with van der Waals surface area (Å²) in [5.41, 5.74) is 5.61. The van der Waals surface area contributed by atoms with Crippen molar-refractivity contribution in [3.63, 3.8) is 0 Å². The van der Waals surface area contributed by atoms with E-state index < -0.39 is 10.2 Å². The second kappa shape index (κ2) is 5.44. The first-order valence-electron chi connectivity index (χ1n) is 5.86. The zero-order valence-electron chi connectivity index (χ0n) is 10.3. The first-order chi connectivity index (χ1) is 7.36. The second-order valence-electron chi connectivity index (χ2n) is 4.88. The fourth-order valence-corrected chi connectivity index (χ4v) is 3.76. The molecule has 6 heteroatoms. The van der Waals surface area contributed by atoms with Crippen molar-refractivity contribution in [1.29, 1.82) is 0 Å². The third kappa shape index (κ3) is 3.41. The maximum absolute atomic E-state index is 12.0. The molecule has 0 aliphatic carbocycles. The number of piperidine rings is 1. The number of hydrogen-bond acceptors (Lipinski definition) is 3. The maximum Gasteiger partial charge on any atom is 0.279 e. The molecule has 0 aromatic carbocycles. The number of nitrogens with zero attached hydrogens (tertiary/aromatic N) is 1. The van der Waals surface area contributed by atoms with E-state index in [2.05, 4.69) is 4.72 Å². The Kier molecular flexibility index (Phi) is 4.73. The Morgan fingerprint density at radius 2 is 2.06 bits per heavy atom. The summed E-state index contributed by atoms with van der Waals surface area (Å²) < 4.78 is 28.3. The van der Waals surface area contributed by atoms with Gasteiger partial charge in [0.1, 0.15) is 0 Å². The minimum atomic E-state index is -3.35. The Hall–Kier alpha value is -0.170. The van der Waals surface area contributed by atoms with Crippen LogP contribution in [0.3, 0.4) is 0 Å². The Morgan fingerprint density at radius 3 is 2.56 bits per heavy atom. The highest BCUT2D eigenvalue weighted by atomic mass is 32.2. The molecule has 2 atom stereocenters. The summed E-state index contributed by atoms with van der Waals surface area (Å²) in [6.45, 7) is 6.70. The van der Waals surface area contributed by atoms with Crippen molar-refractivity contribution >= 4 is 10.2 Å². The van der Waals surface area contributed by atoms with Gasteiger partial charge in [-0.05, 0) is 46.1 Å². The van der Waals surface area contributed by atoms with Gasteiger partial charge in [0.05, 0.1) is 0 Å². The van der Waals surface area contributed by atoms with Gasteiger partial charge in [0.15, 0.2) is 0 Å². The summed E-state index contributed by atoms with van der Waals surface area (Å²) in [5.74, 6) is 0.292. The molecule has 96 valence electrons. The summed E-state index contributed by atoms with van der Waals surface area (Å²) in [4.78, 5) is 0. The van der Waals surface area contributed by atoms with Crippen LogP contribution in [0.1, 0.15) is 33.6 Å². The van der Waals surface area contributed by atoms with Gasteiger partial charge in [-0.3, -0.25) is 0 Å². The van der Waals surface area contributed by atoms with E-state index in [4.69, 9.17) is 5.73 Å². The highest BCUT2D eigenvalue weighted by Crippen LogP contribution is 2.23. The molecule has 1 fully saturated rings. The first-order valence-corrected chi connectivity index (χ1v) is 7.30. The summed E-state index contributed by atoms with van der Waals surface area (Å²) in [7, 11) is -3.35. The van der Waals surface area contributed by atoms with Crippen LogP contribution in [0.5, 0.6) is 0 Å². The van der Waals surface area contributed by atoms with Crippen LogP contribution >= 0.6 is 0 Å². The van der Waals surface area contributed by atoms with Gasteiger partial charge in [0.2, 0.25) is 0 Å². The predicted molar refractivity (Wildman–Crippen MR) is 65.1 cm³/mol. The molecule has 0 amide bonds. The molecular formula is C10H23N3O2S. The quantitative estimate of drug-likeness (QED) is 0.752. The number of hydrogen-bond donors (Lipinski definition) is 2. The van der Waals surface area contributed by atoms with Crippen molar-refractivity contribution in [3.8, 4) is 0 Å². The summed E-state index contributed by atoms with van der Waals surface area (Å²) >= 11 is 0. The molecular weight excluding hydrogens is 226 g/mol. The third-order valence-corrected chi connectivity index (χ3v) is 4.84. The molecule has 1 heterocycles. The molecule has 0 bridgehead atoms. The number of nitrogens with one attached hydrogen (secondary N) is 1. The molecule has 5 nitrogen and oxygen atoms in total. The van der Waals surface area contributed by atoms with Crippen molar-refractivity contribution in [2.75, 3.05) is 13.1 Å². The van der Waals surface area contributed by atoms with Crippen LogP contribution in [0.15, 0.2) is 0 Å². The highest BCUT2D eigenvalue weighted by Gasteiger charge is 2.33. The Labute approximate surface area is 98.6 Å². The monoisotopic (exact) mass is 249 g/mol. The lowest BCUT2D eigenvalue weighted by Gasteiger charge is -2.36. The molecule has 1 saturated heterocycles. The zero-order valence-corrected chi connectivity index (χ0v) is 11.1. The average Bonchev–Trinajstić information content (AvgIpc) is 2.16. The lowest BCUT2D eigenvalue weighted by atomic mass is 9.96. The molecule has 0 saturated carbocycles. The van der Waals surface area contributed by atoms with Gasteiger partial charge in [-0.15, -0.1) is 0 Å². The van der Waals surface area contributed by atoms with Crippen LogP contribution in [0.2, 0.25) is 0 Å². The number of nitrogens with two attached hydrogens (primary N) is 1. The minimum absolute atomic E-state index is 0.0686. The Bertz CT molecular complexity index is 316. The van der Waals surface area contributed by atoms with Crippen molar-refractivity contribution in [3.05, 3.63) is 0 Å². The zero-order chi connectivity index (χ0) is 12.3. The summed E-state index contributed by atoms with van der Waals surface area (Å²) in [6.07, 6.45) is 1.91. The Balaban J connectivity index is 2.76. The van der Waals surface area contributed by atoms with Crippen LogP contribution in [0.4, 0.5) is 0 Å². The molecule has 16 heavy (non-hydrogen) atoms. The molecule has 2 unspecified atom stereocenters. The van der Waals surface area contributed by atoms with E-state index in [0.29, 0.717) is 19.0 Å². The van der Waals surface area contributed by atoms with Gasteiger partial charge >= 0.3 is 0 Å². The van der Waals surface area contributed by atoms with Crippen molar-refractivity contribution in [2.45, 2.75) is 45.7 Å². The molecule has 1 aliphatic heterocycles. The van der Waals surface area contributed by atoms with Crippen molar-refractivity contribution in [1.82, 2.24) is 9.03 Å². The highest BCUT2D eigenvalue weighted by molar-refractivity contribution is 7.87. The Morgan fingerprint density at radius 1 is 1.44 bits per heavy atom. The van der Waals surface area contributed by atoms with Crippen LogP contribution in [-0.4, -0.2) is 37.9 Å². The molecule has 1 rings (SSSR count). The molecule has 0 spiro atoms. The third-order valence-electron chi connectivity index (χ3n) is 2.95. The normalized spacial score (nSPS) is 28.6. The van der Waals surface area contributed by atoms with E-state index >= 15 is 0 Å². The molecule has 3 N–H and O–H groups in total. The summed E-state index contributed by atoms with van der Waals surface area (Å²) in [6, 6.07) is -0.00509. The standard InChI is InChI=1S/C10H23N3O2S/c1-8(2)12-16(14,15)13-7-10(6-11)5-4-9(13)3/h8-10,12H,4-7,11H2,1-3H3. The smallest absolute Gasteiger partial charge is 0.279 e. The first kappa shape index (κ1) is 13.9. The average molecular weight is 249 g/mol. The van der Waals surface area contributed by atoms with E-state index in [-0.39, 0.29) is 12.1 Å². The van der Waals surface area contributed by atoms with Crippen LogP contribution in [0, 0.1) is 5.92 Å². The molecule has 1 aliphatic rings. The molecule has 0 aromatic heterocycles. The van der Waals surface area contributed by atoms with Gasteiger partial charge in [-0.2, -0.15) is 17.4 Å². The lowest BCUT2D eigenvalue weighted by molar-refractivity contribution is 0.208. The van der Waals surface area contributed by atoms with Gasteiger partial charge in [-0.1, -0.05) is 0 Å². The molecule has 0 radical (unpaired) electrons.